The first-order valence-electron chi connectivity index (χ1n) is 7.58. The fraction of sp³-hybridized carbons (Fsp3) is 0.222. The number of hydrogen-bond acceptors (Lipinski definition) is 4. The third kappa shape index (κ3) is 3.17. The molecule has 0 saturated carbocycles. The van der Waals surface area contributed by atoms with E-state index in [9.17, 15) is 19.8 Å². The van der Waals surface area contributed by atoms with Crippen LogP contribution in [0.3, 0.4) is 0 Å². The average Bonchev–Trinajstić information content (AvgIpc) is 2.59. The molecule has 0 saturated heterocycles. The van der Waals surface area contributed by atoms with Crippen LogP contribution in [0.15, 0.2) is 48.5 Å². The predicted molar refractivity (Wildman–Crippen MR) is 85.5 cm³/mol. The van der Waals surface area contributed by atoms with Crippen molar-refractivity contribution in [1.29, 1.82) is 0 Å². The topological polar surface area (TPSA) is 87.1 Å². The molecule has 6 heteroatoms. The number of nitrogens with zero attached hydrogens (tertiary/aromatic N) is 1. The molecule has 1 atom stereocenters. The van der Waals surface area contributed by atoms with E-state index >= 15 is 0 Å². The summed E-state index contributed by atoms with van der Waals surface area (Å²) in [5.41, 5.74) is 2.06. The molecular weight excluding hydrogens is 310 g/mol. The quantitative estimate of drug-likeness (QED) is 0.905. The van der Waals surface area contributed by atoms with Gasteiger partial charge in [-0.3, -0.25) is 4.90 Å². The first-order valence-corrected chi connectivity index (χ1v) is 7.58. The second-order valence-electron chi connectivity index (χ2n) is 5.61. The lowest BCUT2D eigenvalue weighted by Gasteiger charge is -2.34. The number of phenolic OH excluding ortho intramolecular Hbond substituents is 1. The first kappa shape index (κ1) is 15.9. The number of benzene rings is 2. The molecule has 0 spiro atoms. The molecule has 124 valence electrons. The largest absolute Gasteiger partial charge is 0.508 e. The number of carboxylic acid groups (broad SMARTS) is 1. The highest BCUT2D eigenvalue weighted by Crippen LogP contribution is 2.33. The Morgan fingerprint density at radius 1 is 1.17 bits per heavy atom. The number of amides is 1. The van der Waals surface area contributed by atoms with E-state index in [4.69, 9.17) is 4.74 Å². The third-order valence-electron chi connectivity index (χ3n) is 4.03. The van der Waals surface area contributed by atoms with Crippen LogP contribution in [-0.2, 0) is 22.6 Å². The number of hydrogen-bond donors (Lipinski definition) is 2. The van der Waals surface area contributed by atoms with Crippen molar-refractivity contribution >= 4 is 12.1 Å². The van der Waals surface area contributed by atoms with Gasteiger partial charge in [0, 0.05) is 6.54 Å². The SMILES string of the molecule is O=C(O)C1c2cc(O)ccc2CCN1C(=O)OCc1ccccc1. The normalized spacial score (nSPS) is 16.3. The number of ether oxygens (including phenoxy) is 1. The lowest BCUT2D eigenvalue weighted by Crippen LogP contribution is -2.43. The fourth-order valence-electron chi connectivity index (χ4n) is 2.87. The Morgan fingerprint density at radius 3 is 2.62 bits per heavy atom. The second kappa shape index (κ2) is 6.62. The number of phenols is 1. The molecule has 0 aromatic heterocycles. The van der Waals surface area contributed by atoms with Gasteiger partial charge in [-0.1, -0.05) is 36.4 Å². The molecule has 0 bridgehead atoms. The summed E-state index contributed by atoms with van der Waals surface area (Å²) in [5.74, 6) is -1.18. The van der Waals surface area contributed by atoms with Crippen LogP contribution in [0, 0.1) is 0 Å². The van der Waals surface area contributed by atoms with Gasteiger partial charge in [-0.25, -0.2) is 9.59 Å². The van der Waals surface area contributed by atoms with Gasteiger partial charge >= 0.3 is 12.1 Å². The van der Waals surface area contributed by atoms with Crippen molar-refractivity contribution in [3.05, 3.63) is 65.2 Å². The summed E-state index contributed by atoms with van der Waals surface area (Å²) in [6.45, 7) is 0.331. The Kier molecular flexibility index (Phi) is 4.37. The van der Waals surface area contributed by atoms with Gasteiger partial charge in [-0.15, -0.1) is 0 Å². The minimum absolute atomic E-state index is 0.0282. The van der Waals surface area contributed by atoms with Gasteiger partial charge < -0.3 is 14.9 Å². The summed E-state index contributed by atoms with van der Waals surface area (Å²) in [6.07, 6.45) is -0.167. The lowest BCUT2D eigenvalue weighted by molar-refractivity contribution is -0.143. The fourth-order valence-corrected chi connectivity index (χ4v) is 2.87. The molecule has 0 aliphatic carbocycles. The van der Waals surface area contributed by atoms with Gasteiger partial charge in [-0.2, -0.15) is 0 Å². The molecule has 1 aliphatic heterocycles. The number of carbonyl (C=O) groups excluding carboxylic acids is 1. The molecule has 0 radical (unpaired) electrons. The van der Waals surface area contributed by atoms with Crippen molar-refractivity contribution in [2.75, 3.05) is 6.54 Å². The lowest BCUT2D eigenvalue weighted by atomic mass is 9.92. The molecule has 24 heavy (non-hydrogen) atoms. The highest BCUT2D eigenvalue weighted by molar-refractivity contribution is 5.82. The van der Waals surface area contributed by atoms with E-state index in [1.807, 2.05) is 30.3 Å². The zero-order valence-corrected chi connectivity index (χ0v) is 12.9. The van der Waals surface area contributed by atoms with Crippen LogP contribution in [0.1, 0.15) is 22.7 Å². The second-order valence-corrected chi connectivity index (χ2v) is 5.61. The smallest absolute Gasteiger partial charge is 0.411 e. The van der Waals surface area contributed by atoms with Crippen LogP contribution in [0.2, 0.25) is 0 Å². The molecule has 2 N–H and O–H groups in total. The zero-order chi connectivity index (χ0) is 17.1. The van der Waals surface area contributed by atoms with Gasteiger partial charge in [0.05, 0.1) is 0 Å². The Labute approximate surface area is 138 Å². The van der Waals surface area contributed by atoms with E-state index in [1.54, 1.807) is 6.07 Å². The highest BCUT2D eigenvalue weighted by atomic mass is 16.6. The first-order chi connectivity index (χ1) is 11.6. The highest BCUT2D eigenvalue weighted by Gasteiger charge is 2.37. The van der Waals surface area contributed by atoms with Crippen molar-refractivity contribution in [2.45, 2.75) is 19.1 Å². The van der Waals surface area contributed by atoms with E-state index in [1.165, 1.54) is 17.0 Å². The molecule has 1 heterocycles. The van der Waals surface area contributed by atoms with Crippen molar-refractivity contribution < 1.29 is 24.5 Å². The molecule has 2 aromatic carbocycles. The van der Waals surface area contributed by atoms with Crippen LogP contribution < -0.4 is 0 Å². The predicted octanol–water partition coefficient (Wildman–Crippen LogP) is 2.71. The number of aliphatic carboxylic acids is 1. The van der Waals surface area contributed by atoms with Crippen molar-refractivity contribution in [3.8, 4) is 5.75 Å². The van der Waals surface area contributed by atoms with Gasteiger partial charge in [0.15, 0.2) is 6.04 Å². The van der Waals surface area contributed by atoms with Gasteiger partial charge in [-0.05, 0) is 35.2 Å². The summed E-state index contributed by atoms with van der Waals surface area (Å²) < 4.78 is 5.25. The average molecular weight is 327 g/mol. The van der Waals surface area contributed by atoms with Crippen molar-refractivity contribution in [2.24, 2.45) is 0 Å². The van der Waals surface area contributed by atoms with Crippen molar-refractivity contribution in [3.63, 3.8) is 0 Å². The van der Waals surface area contributed by atoms with Crippen LogP contribution in [0.4, 0.5) is 4.79 Å². The van der Waals surface area contributed by atoms with E-state index in [0.29, 0.717) is 12.0 Å². The molecule has 1 amide bonds. The van der Waals surface area contributed by atoms with Crippen LogP contribution in [-0.4, -0.2) is 33.7 Å². The van der Waals surface area contributed by atoms with Crippen LogP contribution >= 0.6 is 0 Å². The number of carboxylic acids is 1. The maximum absolute atomic E-state index is 12.4. The minimum atomic E-state index is -1.16. The summed E-state index contributed by atoms with van der Waals surface area (Å²) in [5, 5.41) is 19.2. The van der Waals surface area contributed by atoms with E-state index < -0.39 is 18.1 Å². The maximum atomic E-state index is 12.4. The number of aromatic hydroxyl groups is 1. The summed E-state index contributed by atoms with van der Waals surface area (Å²) in [4.78, 5) is 25.2. The van der Waals surface area contributed by atoms with E-state index in [-0.39, 0.29) is 18.9 Å². The third-order valence-corrected chi connectivity index (χ3v) is 4.03. The molecule has 0 fully saturated rings. The molecule has 1 aliphatic rings. The maximum Gasteiger partial charge on any atom is 0.411 e. The standard InChI is InChI=1S/C18H17NO5/c20-14-7-6-13-8-9-19(16(17(21)22)15(13)10-14)18(23)24-11-12-4-2-1-3-5-12/h1-7,10,16,20H,8-9,11H2,(H,21,22). The van der Waals surface area contributed by atoms with E-state index in [0.717, 1.165) is 11.1 Å². The zero-order valence-electron chi connectivity index (χ0n) is 12.9. The van der Waals surface area contributed by atoms with Crippen LogP contribution in [0.25, 0.3) is 0 Å². The molecule has 2 aromatic rings. The summed E-state index contributed by atoms with van der Waals surface area (Å²) >= 11 is 0. The van der Waals surface area contributed by atoms with Gasteiger partial charge in [0.1, 0.15) is 12.4 Å². The molecule has 6 nitrogen and oxygen atoms in total. The Morgan fingerprint density at radius 2 is 1.92 bits per heavy atom. The van der Waals surface area contributed by atoms with Gasteiger partial charge in [0.2, 0.25) is 0 Å². The minimum Gasteiger partial charge on any atom is -0.508 e. The molecular formula is C18H17NO5. The molecule has 1 unspecified atom stereocenters. The van der Waals surface area contributed by atoms with Gasteiger partial charge in [0.25, 0.3) is 0 Å². The number of carbonyl (C=O) groups is 2. The Bertz CT molecular complexity index is 759. The molecule has 3 rings (SSSR count). The summed E-state index contributed by atoms with van der Waals surface area (Å²) in [6, 6.07) is 12.6. The summed E-state index contributed by atoms with van der Waals surface area (Å²) in [7, 11) is 0. The monoisotopic (exact) mass is 327 g/mol. The number of rotatable bonds is 3. The van der Waals surface area contributed by atoms with Crippen molar-refractivity contribution in [1.82, 2.24) is 4.90 Å². The Balaban J connectivity index is 1.79. The number of fused-ring (bicyclic) bond motifs is 1. The Hall–Kier alpha value is -3.02. The van der Waals surface area contributed by atoms with Crippen LogP contribution in [0.5, 0.6) is 5.75 Å². The van der Waals surface area contributed by atoms with E-state index in [2.05, 4.69) is 0 Å².